The summed E-state index contributed by atoms with van der Waals surface area (Å²) in [7, 11) is -4.77. The number of allylic oxidation sites excluding steroid dienone is 6. The van der Waals surface area contributed by atoms with E-state index in [-0.39, 0.29) is 19.4 Å². The van der Waals surface area contributed by atoms with Crippen LogP contribution in [0.3, 0.4) is 0 Å². The van der Waals surface area contributed by atoms with Gasteiger partial charge >= 0.3 is 19.8 Å². The van der Waals surface area contributed by atoms with Crippen molar-refractivity contribution >= 4 is 19.8 Å². The standard InChI is InChI=1S/C43H75O9P/c1-3-5-7-9-11-12-13-14-15-16-17-18-19-20-23-28-32-36-43(45)51-39(38-50-53(46,47)48)37-49-42(44)35-31-27-24-21-22-26-30-34-41-40(52-41)33-29-25-10-8-6-4-2/h14-15,21,24-26,29-30,39-41H,3-13,16-20,22-23,27-28,31-38H2,1-2H3,(H2,46,47,48)/b15-14-,24-21-,29-25-,30-26-/t39-,40?,41?/m1/s1. The first kappa shape index (κ1) is 49.0. The zero-order valence-electron chi connectivity index (χ0n) is 33.3. The maximum Gasteiger partial charge on any atom is 0.469 e. The number of hydrogen-bond donors (Lipinski definition) is 2. The van der Waals surface area contributed by atoms with E-state index in [1.165, 1.54) is 83.5 Å². The van der Waals surface area contributed by atoms with Gasteiger partial charge in [-0.05, 0) is 77.0 Å². The van der Waals surface area contributed by atoms with Gasteiger partial charge in [-0.2, -0.15) is 0 Å². The maximum absolute atomic E-state index is 12.4. The van der Waals surface area contributed by atoms with E-state index in [0.29, 0.717) is 25.0 Å². The third kappa shape index (κ3) is 34.2. The lowest BCUT2D eigenvalue weighted by Crippen LogP contribution is -2.29. The van der Waals surface area contributed by atoms with Crippen molar-refractivity contribution in [1.82, 2.24) is 0 Å². The van der Waals surface area contributed by atoms with Gasteiger partial charge in [0, 0.05) is 12.8 Å². The second-order valence-electron chi connectivity index (χ2n) is 14.3. The van der Waals surface area contributed by atoms with Crippen LogP contribution in [0.1, 0.15) is 181 Å². The van der Waals surface area contributed by atoms with Gasteiger partial charge in [0.25, 0.3) is 0 Å². The molecule has 0 aromatic carbocycles. The molecule has 2 unspecified atom stereocenters. The van der Waals surface area contributed by atoms with Crippen LogP contribution in [0, 0.1) is 0 Å². The normalized spacial score (nSPS) is 16.8. The molecule has 0 spiro atoms. The van der Waals surface area contributed by atoms with Gasteiger partial charge in [-0.25, -0.2) is 4.57 Å². The second-order valence-corrected chi connectivity index (χ2v) is 15.6. The Morgan fingerprint density at radius 1 is 0.585 bits per heavy atom. The number of unbranched alkanes of at least 4 members (excludes halogenated alkanes) is 17. The van der Waals surface area contributed by atoms with Crippen LogP contribution in [0.2, 0.25) is 0 Å². The van der Waals surface area contributed by atoms with Crippen LogP contribution in [0.5, 0.6) is 0 Å². The largest absolute Gasteiger partial charge is 0.469 e. The van der Waals surface area contributed by atoms with E-state index in [4.69, 9.17) is 24.0 Å². The highest BCUT2D eigenvalue weighted by atomic mass is 31.2. The topological polar surface area (TPSA) is 132 Å². The molecule has 0 amide bonds. The number of carbonyl (C=O) groups excluding carboxylic acids is 2. The lowest BCUT2D eigenvalue weighted by atomic mass is 10.1. The Balaban J connectivity index is 2.10. The van der Waals surface area contributed by atoms with E-state index >= 15 is 0 Å². The van der Waals surface area contributed by atoms with Crippen molar-refractivity contribution in [2.75, 3.05) is 13.2 Å². The van der Waals surface area contributed by atoms with Gasteiger partial charge in [0.05, 0.1) is 18.8 Å². The first-order valence-corrected chi connectivity index (χ1v) is 22.6. The number of phosphoric acid groups is 1. The monoisotopic (exact) mass is 767 g/mol. The highest BCUT2D eigenvalue weighted by molar-refractivity contribution is 7.46. The molecule has 2 N–H and O–H groups in total. The molecule has 0 radical (unpaired) electrons. The van der Waals surface area contributed by atoms with E-state index in [2.05, 4.69) is 60.9 Å². The van der Waals surface area contributed by atoms with Crippen molar-refractivity contribution in [2.45, 2.75) is 199 Å². The molecule has 3 atom stereocenters. The number of phosphoric ester groups is 1. The average molecular weight is 767 g/mol. The minimum absolute atomic E-state index is 0.184. The molecule has 1 rings (SSSR count). The molecule has 1 fully saturated rings. The van der Waals surface area contributed by atoms with Gasteiger partial charge in [0.1, 0.15) is 6.61 Å². The first-order valence-electron chi connectivity index (χ1n) is 21.1. The summed E-state index contributed by atoms with van der Waals surface area (Å²) in [6.07, 6.45) is 44.3. The molecule has 0 aliphatic carbocycles. The lowest BCUT2D eigenvalue weighted by molar-refractivity contribution is -0.161. The first-order chi connectivity index (χ1) is 25.7. The summed E-state index contributed by atoms with van der Waals surface area (Å²) in [5.41, 5.74) is 0. The van der Waals surface area contributed by atoms with E-state index in [1.807, 2.05) is 6.08 Å². The predicted molar refractivity (Wildman–Crippen MR) is 215 cm³/mol. The van der Waals surface area contributed by atoms with Gasteiger partial charge in [0.2, 0.25) is 0 Å². The Morgan fingerprint density at radius 2 is 1.04 bits per heavy atom. The summed E-state index contributed by atoms with van der Waals surface area (Å²) in [6, 6.07) is 0. The van der Waals surface area contributed by atoms with Crippen molar-refractivity contribution in [1.29, 1.82) is 0 Å². The Morgan fingerprint density at radius 3 is 1.66 bits per heavy atom. The van der Waals surface area contributed by atoms with Crippen LogP contribution < -0.4 is 0 Å². The average Bonchev–Trinajstić information content (AvgIpc) is 3.88. The summed E-state index contributed by atoms with van der Waals surface area (Å²) < 4.78 is 32.1. The maximum atomic E-state index is 12.4. The zero-order chi connectivity index (χ0) is 38.7. The second kappa shape index (κ2) is 34.5. The smallest absolute Gasteiger partial charge is 0.462 e. The molecular formula is C43H75O9P. The number of rotatable bonds is 37. The zero-order valence-corrected chi connectivity index (χ0v) is 34.2. The molecule has 306 valence electrons. The van der Waals surface area contributed by atoms with Crippen LogP contribution in [-0.4, -0.2) is 53.3 Å². The number of hydrogen-bond acceptors (Lipinski definition) is 7. The third-order valence-electron chi connectivity index (χ3n) is 9.22. The Hall–Kier alpha value is -2.03. The van der Waals surface area contributed by atoms with Crippen molar-refractivity contribution in [2.24, 2.45) is 0 Å². The van der Waals surface area contributed by atoms with Crippen molar-refractivity contribution in [3.8, 4) is 0 Å². The van der Waals surface area contributed by atoms with Gasteiger partial charge in [-0.15, -0.1) is 0 Å². The molecule has 53 heavy (non-hydrogen) atoms. The molecule has 1 aliphatic rings. The fraction of sp³-hybridized carbons (Fsp3) is 0.767. The number of epoxide rings is 1. The van der Waals surface area contributed by atoms with Crippen LogP contribution in [0.15, 0.2) is 48.6 Å². The van der Waals surface area contributed by atoms with Crippen molar-refractivity contribution in [3.05, 3.63) is 48.6 Å². The molecule has 0 aromatic heterocycles. The van der Waals surface area contributed by atoms with E-state index in [0.717, 1.165) is 57.8 Å². The van der Waals surface area contributed by atoms with Gasteiger partial charge in [-0.3, -0.25) is 14.1 Å². The molecule has 0 bridgehead atoms. The van der Waals surface area contributed by atoms with Gasteiger partial charge in [0.15, 0.2) is 6.10 Å². The van der Waals surface area contributed by atoms with E-state index < -0.39 is 32.5 Å². The minimum Gasteiger partial charge on any atom is -0.462 e. The fourth-order valence-electron chi connectivity index (χ4n) is 5.93. The van der Waals surface area contributed by atoms with E-state index in [1.54, 1.807) is 0 Å². The van der Waals surface area contributed by atoms with Crippen LogP contribution in [-0.2, 0) is 32.9 Å². The van der Waals surface area contributed by atoms with Gasteiger partial charge in [-0.1, -0.05) is 140 Å². The van der Waals surface area contributed by atoms with Crippen LogP contribution in [0.25, 0.3) is 0 Å². The molecule has 1 saturated heterocycles. The quantitative estimate of drug-likeness (QED) is 0.0208. The highest BCUT2D eigenvalue weighted by Gasteiger charge is 2.36. The van der Waals surface area contributed by atoms with Crippen molar-refractivity contribution in [3.63, 3.8) is 0 Å². The Kier molecular flexibility index (Phi) is 31.9. The summed E-state index contributed by atoms with van der Waals surface area (Å²) in [6.45, 7) is 3.59. The van der Waals surface area contributed by atoms with E-state index in [9.17, 15) is 14.2 Å². The number of esters is 2. The molecular weight excluding hydrogens is 691 g/mol. The number of carbonyl (C=O) groups is 2. The highest BCUT2D eigenvalue weighted by Crippen LogP contribution is 2.36. The molecule has 10 heteroatoms. The minimum atomic E-state index is -4.77. The Bertz CT molecular complexity index is 1060. The fourth-order valence-corrected chi connectivity index (χ4v) is 6.29. The van der Waals surface area contributed by atoms with Crippen molar-refractivity contribution < 1.29 is 42.7 Å². The molecule has 1 aliphatic heterocycles. The predicted octanol–water partition coefficient (Wildman–Crippen LogP) is 11.7. The van der Waals surface area contributed by atoms with Gasteiger partial charge < -0.3 is 24.0 Å². The summed E-state index contributed by atoms with van der Waals surface area (Å²) in [5, 5.41) is 0. The summed E-state index contributed by atoms with van der Waals surface area (Å²) in [5.74, 6) is -0.961. The summed E-state index contributed by atoms with van der Waals surface area (Å²) in [4.78, 5) is 42.9. The lowest BCUT2D eigenvalue weighted by Gasteiger charge is -2.18. The third-order valence-corrected chi connectivity index (χ3v) is 9.71. The number of ether oxygens (including phenoxy) is 3. The molecule has 0 aromatic rings. The SMILES string of the molecule is CCCCC/C=C\CC1OC1C/C=C\C/C=C\CCCC(=O)OC[C@H](COP(=O)(O)O)OC(=O)CCCCCCCCC/C=C\CCCCCCCC. The molecule has 1 heterocycles. The Labute approximate surface area is 322 Å². The molecule has 9 nitrogen and oxygen atoms in total. The summed E-state index contributed by atoms with van der Waals surface area (Å²) >= 11 is 0. The molecule has 0 saturated carbocycles. The van der Waals surface area contributed by atoms with Crippen LogP contribution in [0.4, 0.5) is 0 Å². The van der Waals surface area contributed by atoms with Crippen LogP contribution >= 0.6 is 7.82 Å².